The number of hydrogen-bond acceptors (Lipinski definition) is 4. The zero-order valence-electron chi connectivity index (χ0n) is 15.3. The predicted molar refractivity (Wildman–Crippen MR) is 106 cm³/mol. The maximum atomic E-state index is 12.4. The van der Waals surface area contributed by atoms with Gasteiger partial charge < -0.3 is 21.1 Å². The van der Waals surface area contributed by atoms with Crippen LogP contribution >= 0.6 is 24.0 Å². The highest BCUT2D eigenvalue weighted by Crippen LogP contribution is 2.23. The molecule has 0 spiro atoms. The van der Waals surface area contributed by atoms with Gasteiger partial charge in [-0.05, 0) is 23.6 Å². The number of hydrogen-bond donors (Lipinski definition) is 4. The molecule has 1 saturated heterocycles. The molecule has 1 aromatic carbocycles. The molecule has 26 heavy (non-hydrogen) atoms. The van der Waals surface area contributed by atoms with Crippen molar-refractivity contribution in [1.82, 2.24) is 10.6 Å². The van der Waals surface area contributed by atoms with E-state index in [1.807, 2.05) is 20.8 Å². The van der Waals surface area contributed by atoms with Crippen LogP contribution in [0.25, 0.3) is 0 Å². The van der Waals surface area contributed by atoms with E-state index in [1.165, 1.54) is 0 Å². The van der Waals surface area contributed by atoms with Crippen LogP contribution in [0.2, 0.25) is 5.02 Å². The number of anilines is 1. The minimum atomic E-state index is -0.459. The Bertz CT molecular complexity index is 647. The second kappa shape index (κ2) is 9.55. The van der Waals surface area contributed by atoms with Gasteiger partial charge in [0.25, 0.3) is 5.91 Å². The fourth-order valence-corrected chi connectivity index (χ4v) is 2.91. The summed E-state index contributed by atoms with van der Waals surface area (Å²) in [5.74, 6) is -0.449. The lowest BCUT2D eigenvalue weighted by Crippen LogP contribution is -2.34. The van der Waals surface area contributed by atoms with Crippen LogP contribution < -0.4 is 16.0 Å². The summed E-state index contributed by atoms with van der Waals surface area (Å²) in [4.78, 5) is 24.4. The fourth-order valence-electron chi connectivity index (χ4n) is 2.71. The number of benzene rings is 1. The monoisotopic (exact) mass is 403 g/mol. The van der Waals surface area contributed by atoms with Crippen LogP contribution in [0.3, 0.4) is 0 Å². The van der Waals surface area contributed by atoms with Crippen molar-refractivity contribution in [3.05, 3.63) is 28.8 Å². The molecular formula is C18H27Cl2N3O3. The number of amides is 2. The molecule has 0 saturated carbocycles. The Morgan fingerprint density at radius 2 is 2.00 bits per heavy atom. The molecule has 1 aliphatic rings. The van der Waals surface area contributed by atoms with Crippen molar-refractivity contribution >= 4 is 41.5 Å². The van der Waals surface area contributed by atoms with Crippen LogP contribution in [0.1, 0.15) is 37.6 Å². The number of β-amino-alcohol motifs (C(OH)–C–C–N with tert-alkyl or cyclic N) is 1. The minimum absolute atomic E-state index is 0. The van der Waals surface area contributed by atoms with Crippen molar-refractivity contribution in [2.24, 2.45) is 11.3 Å². The van der Waals surface area contributed by atoms with Crippen LogP contribution in [0.5, 0.6) is 0 Å². The van der Waals surface area contributed by atoms with E-state index in [0.717, 1.165) is 0 Å². The average molecular weight is 404 g/mol. The molecule has 2 atom stereocenters. The van der Waals surface area contributed by atoms with Gasteiger partial charge in [-0.3, -0.25) is 9.59 Å². The Labute approximate surface area is 165 Å². The molecule has 0 radical (unpaired) electrons. The van der Waals surface area contributed by atoms with E-state index in [4.69, 9.17) is 11.6 Å². The summed E-state index contributed by atoms with van der Waals surface area (Å²) in [7, 11) is 0. The number of rotatable bonds is 5. The third-order valence-electron chi connectivity index (χ3n) is 4.01. The second-order valence-electron chi connectivity index (χ2n) is 7.68. The third kappa shape index (κ3) is 6.76. The maximum Gasteiger partial charge on any atom is 0.252 e. The van der Waals surface area contributed by atoms with Crippen molar-refractivity contribution in [3.63, 3.8) is 0 Å². The lowest BCUT2D eigenvalue weighted by Gasteiger charge is -2.18. The normalized spacial score (nSPS) is 19.6. The molecule has 6 nitrogen and oxygen atoms in total. The number of aliphatic hydroxyl groups is 1. The summed E-state index contributed by atoms with van der Waals surface area (Å²) >= 11 is 6.12. The Kier molecular flexibility index (Phi) is 8.34. The number of nitrogens with one attached hydrogen (secondary N) is 3. The van der Waals surface area contributed by atoms with Gasteiger partial charge in [-0.1, -0.05) is 32.4 Å². The highest BCUT2D eigenvalue weighted by atomic mass is 35.5. The van der Waals surface area contributed by atoms with Crippen molar-refractivity contribution in [1.29, 1.82) is 0 Å². The smallest absolute Gasteiger partial charge is 0.252 e. The molecule has 0 aromatic heterocycles. The first kappa shape index (κ1) is 22.7. The van der Waals surface area contributed by atoms with E-state index in [9.17, 15) is 14.7 Å². The molecule has 0 aliphatic carbocycles. The summed E-state index contributed by atoms with van der Waals surface area (Å²) in [5, 5.41) is 18.8. The Morgan fingerprint density at radius 3 is 2.58 bits per heavy atom. The van der Waals surface area contributed by atoms with Gasteiger partial charge in [-0.2, -0.15) is 0 Å². The first-order valence-corrected chi connectivity index (χ1v) is 8.80. The highest BCUT2D eigenvalue weighted by Gasteiger charge is 2.25. The number of carbonyl (C=O) groups excluding carboxylic acids is 2. The van der Waals surface area contributed by atoms with Crippen molar-refractivity contribution in [2.45, 2.75) is 33.3 Å². The van der Waals surface area contributed by atoms with E-state index in [1.54, 1.807) is 18.2 Å². The highest BCUT2D eigenvalue weighted by molar-refractivity contribution is 6.34. The van der Waals surface area contributed by atoms with Gasteiger partial charge in [0, 0.05) is 37.7 Å². The molecule has 4 N–H and O–H groups in total. The minimum Gasteiger partial charge on any atom is -0.391 e. The zero-order chi connectivity index (χ0) is 18.6. The standard InChI is InChI=1S/C18H26ClN3O3.ClH/c1-18(2,3)7-16(24)22-12-4-5-14(19)13(6-12)17(25)21-9-11-8-20-10-15(11)23;/h4-6,11,15,20,23H,7-10H2,1-3H3,(H,21,25)(H,22,24);1H. The largest absolute Gasteiger partial charge is 0.391 e. The summed E-state index contributed by atoms with van der Waals surface area (Å²) < 4.78 is 0. The average Bonchev–Trinajstić information content (AvgIpc) is 2.90. The lowest BCUT2D eigenvalue weighted by atomic mass is 9.92. The van der Waals surface area contributed by atoms with Gasteiger partial charge in [0.1, 0.15) is 0 Å². The van der Waals surface area contributed by atoms with Gasteiger partial charge >= 0.3 is 0 Å². The van der Waals surface area contributed by atoms with Crippen LogP contribution in [0.4, 0.5) is 5.69 Å². The van der Waals surface area contributed by atoms with E-state index < -0.39 is 6.10 Å². The Morgan fingerprint density at radius 1 is 1.31 bits per heavy atom. The number of carbonyl (C=O) groups is 2. The Balaban J connectivity index is 0.00000338. The second-order valence-corrected chi connectivity index (χ2v) is 8.08. The molecule has 8 heteroatoms. The summed E-state index contributed by atoms with van der Waals surface area (Å²) in [6, 6.07) is 4.83. The topological polar surface area (TPSA) is 90.5 Å². The van der Waals surface area contributed by atoms with Gasteiger partial charge in [0.2, 0.25) is 5.91 Å². The molecule has 2 unspecified atom stereocenters. The molecule has 1 aliphatic heterocycles. The summed E-state index contributed by atoms with van der Waals surface area (Å²) in [6.07, 6.45) is -0.0808. The van der Waals surface area contributed by atoms with Gasteiger partial charge in [0.05, 0.1) is 16.7 Å². The fraction of sp³-hybridized carbons (Fsp3) is 0.556. The Hall–Kier alpha value is -1.34. The summed E-state index contributed by atoms with van der Waals surface area (Å²) in [5.41, 5.74) is 0.717. The van der Waals surface area contributed by atoms with E-state index in [2.05, 4.69) is 16.0 Å². The first-order chi connectivity index (χ1) is 11.7. The first-order valence-electron chi connectivity index (χ1n) is 8.42. The van der Waals surface area contributed by atoms with Gasteiger partial charge in [-0.15, -0.1) is 12.4 Å². The van der Waals surface area contributed by atoms with Crippen LogP contribution in [0.15, 0.2) is 18.2 Å². The molecule has 1 fully saturated rings. The molecule has 146 valence electrons. The van der Waals surface area contributed by atoms with Gasteiger partial charge in [-0.25, -0.2) is 0 Å². The maximum absolute atomic E-state index is 12.4. The molecule has 2 amide bonds. The van der Waals surface area contributed by atoms with E-state index in [-0.39, 0.29) is 35.6 Å². The molecule has 1 aromatic rings. The summed E-state index contributed by atoms with van der Waals surface area (Å²) in [6.45, 7) is 7.53. The SMILES string of the molecule is CC(C)(C)CC(=O)Nc1ccc(Cl)c(C(=O)NCC2CNCC2O)c1.Cl. The third-order valence-corrected chi connectivity index (χ3v) is 4.34. The number of halogens is 2. The van der Waals surface area contributed by atoms with Crippen molar-refractivity contribution < 1.29 is 14.7 Å². The van der Waals surface area contributed by atoms with E-state index in [0.29, 0.717) is 42.3 Å². The van der Waals surface area contributed by atoms with Crippen LogP contribution in [-0.2, 0) is 4.79 Å². The zero-order valence-corrected chi connectivity index (χ0v) is 16.8. The number of aliphatic hydroxyl groups excluding tert-OH is 1. The lowest BCUT2D eigenvalue weighted by molar-refractivity contribution is -0.117. The van der Waals surface area contributed by atoms with Crippen molar-refractivity contribution in [3.8, 4) is 0 Å². The molecule has 2 rings (SSSR count). The van der Waals surface area contributed by atoms with Crippen molar-refractivity contribution in [2.75, 3.05) is 25.0 Å². The van der Waals surface area contributed by atoms with Crippen LogP contribution in [0, 0.1) is 11.3 Å². The molecular weight excluding hydrogens is 377 g/mol. The molecule has 1 heterocycles. The molecule has 0 bridgehead atoms. The van der Waals surface area contributed by atoms with Gasteiger partial charge in [0.15, 0.2) is 0 Å². The van der Waals surface area contributed by atoms with Crippen LogP contribution in [-0.4, -0.2) is 42.7 Å². The predicted octanol–water partition coefficient (Wildman–Crippen LogP) is 2.45. The van der Waals surface area contributed by atoms with E-state index >= 15 is 0 Å². The quantitative estimate of drug-likeness (QED) is 0.607.